The van der Waals surface area contributed by atoms with Crippen LogP contribution in [0.3, 0.4) is 0 Å². The molecule has 0 unspecified atom stereocenters. The molecule has 3 aromatic rings. The Bertz CT molecular complexity index is 928. The highest BCUT2D eigenvalue weighted by molar-refractivity contribution is 6.29. The predicted octanol–water partition coefficient (Wildman–Crippen LogP) is 1.87. The number of pyridine rings is 1. The second-order valence-electron chi connectivity index (χ2n) is 4.07. The van der Waals surface area contributed by atoms with Gasteiger partial charge < -0.3 is 0 Å². The van der Waals surface area contributed by atoms with Gasteiger partial charge in [0.25, 0.3) is 5.56 Å². The van der Waals surface area contributed by atoms with Crippen LogP contribution < -0.4 is 11.2 Å². The number of benzene rings is 1. The highest BCUT2D eigenvalue weighted by atomic mass is 35.5. The molecule has 0 atom stereocenters. The second-order valence-corrected chi connectivity index (χ2v) is 4.45. The standard InChI is InChI=1S/C13H7ClFN3O2/c14-11-10(15)12(19)18(13(20)17-11)9-3-1-2-7-6-16-5-4-8(7)9/h1-6H,(H,17,20). The first-order chi connectivity index (χ1) is 9.59. The van der Waals surface area contributed by atoms with Crippen LogP contribution in [-0.2, 0) is 0 Å². The van der Waals surface area contributed by atoms with Crippen molar-refractivity contribution in [2.45, 2.75) is 0 Å². The SMILES string of the molecule is O=c1[nH]c(Cl)c(F)c(=O)n1-c1cccc2cnccc12. The van der Waals surface area contributed by atoms with E-state index in [1.165, 1.54) is 6.20 Å². The molecule has 3 rings (SSSR count). The molecule has 0 spiro atoms. The van der Waals surface area contributed by atoms with E-state index in [9.17, 15) is 14.0 Å². The number of halogens is 2. The van der Waals surface area contributed by atoms with Crippen LogP contribution in [0.4, 0.5) is 4.39 Å². The van der Waals surface area contributed by atoms with Crippen molar-refractivity contribution >= 4 is 22.4 Å². The first-order valence-electron chi connectivity index (χ1n) is 5.63. The first kappa shape index (κ1) is 12.6. The van der Waals surface area contributed by atoms with E-state index in [4.69, 9.17) is 11.6 Å². The number of aromatic nitrogens is 3. The molecule has 20 heavy (non-hydrogen) atoms. The number of hydrogen-bond acceptors (Lipinski definition) is 3. The number of hydrogen-bond donors (Lipinski definition) is 1. The van der Waals surface area contributed by atoms with Crippen molar-refractivity contribution in [1.82, 2.24) is 14.5 Å². The molecule has 0 radical (unpaired) electrons. The average Bonchev–Trinajstić information content (AvgIpc) is 2.45. The van der Waals surface area contributed by atoms with E-state index < -0.39 is 22.2 Å². The van der Waals surface area contributed by atoms with Gasteiger partial charge in [0.2, 0.25) is 5.82 Å². The Labute approximate surface area is 116 Å². The van der Waals surface area contributed by atoms with E-state index in [0.717, 1.165) is 5.39 Å². The molecule has 0 aliphatic rings. The van der Waals surface area contributed by atoms with Crippen molar-refractivity contribution in [1.29, 1.82) is 0 Å². The maximum atomic E-state index is 13.6. The number of fused-ring (bicyclic) bond motifs is 1. The lowest BCUT2D eigenvalue weighted by atomic mass is 10.1. The molecule has 0 fully saturated rings. The van der Waals surface area contributed by atoms with Crippen LogP contribution in [0.25, 0.3) is 16.5 Å². The Kier molecular flexibility index (Phi) is 2.87. The zero-order valence-corrected chi connectivity index (χ0v) is 10.7. The molecule has 0 saturated carbocycles. The van der Waals surface area contributed by atoms with Gasteiger partial charge in [-0.25, -0.2) is 9.36 Å². The van der Waals surface area contributed by atoms with Gasteiger partial charge in [-0.15, -0.1) is 0 Å². The van der Waals surface area contributed by atoms with Crippen LogP contribution in [0.15, 0.2) is 46.2 Å². The number of rotatable bonds is 1. The molecule has 0 aliphatic heterocycles. The summed E-state index contributed by atoms with van der Waals surface area (Å²) >= 11 is 5.44. The maximum absolute atomic E-state index is 13.6. The highest BCUT2D eigenvalue weighted by Crippen LogP contribution is 2.19. The second kappa shape index (κ2) is 4.57. The summed E-state index contributed by atoms with van der Waals surface area (Å²) in [5.74, 6) is -1.20. The molecular weight excluding hydrogens is 285 g/mol. The van der Waals surface area contributed by atoms with Gasteiger partial charge in [-0.05, 0) is 12.1 Å². The van der Waals surface area contributed by atoms with E-state index in [1.807, 2.05) is 0 Å². The van der Waals surface area contributed by atoms with Crippen molar-refractivity contribution in [3.63, 3.8) is 0 Å². The molecule has 100 valence electrons. The fourth-order valence-electron chi connectivity index (χ4n) is 2.01. The van der Waals surface area contributed by atoms with E-state index >= 15 is 0 Å². The minimum absolute atomic E-state index is 0.270. The summed E-state index contributed by atoms with van der Waals surface area (Å²) < 4.78 is 14.3. The van der Waals surface area contributed by atoms with Crippen LogP contribution in [0.2, 0.25) is 5.15 Å². The zero-order valence-electron chi connectivity index (χ0n) is 9.93. The number of nitrogens with zero attached hydrogens (tertiary/aromatic N) is 2. The smallest absolute Gasteiger partial charge is 0.295 e. The fourth-order valence-corrected chi connectivity index (χ4v) is 2.17. The van der Waals surface area contributed by atoms with Gasteiger partial charge in [0.15, 0.2) is 5.15 Å². The van der Waals surface area contributed by atoms with Crippen LogP contribution in [0.1, 0.15) is 0 Å². The normalized spacial score (nSPS) is 10.9. The van der Waals surface area contributed by atoms with Crippen LogP contribution in [0, 0.1) is 5.82 Å². The minimum Gasteiger partial charge on any atom is -0.295 e. The van der Waals surface area contributed by atoms with Gasteiger partial charge >= 0.3 is 5.69 Å². The molecule has 1 N–H and O–H groups in total. The Morgan fingerprint density at radius 2 is 2.05 bits per heavy atom. The quantitative estimate of drug-likeness (QED) is 0.696. The lowest BCUT2D eigenvalue weighted by Gasteiger charge is -2.08. The molecule has 7 heteroatoms. The largest absolute Gasteiger partial charge is 0.334 e. The number of aromatic amines is 1. The van der Waals surface area contributed by atoms with Crippen molar-refractivity contribution < 1.29 is 4.39 Å². The van der Waals surface area contributed by atoms with Crippen LogP contribution in [-0.4, -0.2) is 14.5 Å². The molecule has 1 aromatic carbocycles. The Morgan fingerprint density at radius 1 is 1.25 bits per heavy atom. The lowest BCUT2D eigenvalue weighted by Crippen LogP contribution is -2.35. The Balaban J connectivity index is 2.47. The predicted molar refractivity (Wildman–Crippen MR) is 72.9 cm³/mol. The third-order valence-electron chi connectivity index (χ3n) is 2.90. The summed E-state index contributed by atoms with van der Waals surface area (Å²) in [6.07, 6.45) is 3.11. The lowest BCUT2D eigenvalue weighted by molar-refractivity contribution is 0.585. The van der Waals surface area contributed by atoms with Gasteiger partial charge in [-0.1, -0.05) is 23.7 Å². The summed E-state index contributed by atoms with van der Waals surface area (Å²) in [4.78, 5) is 29.9. The van der Waals surface area contributed by atoms with Gasteiger partial charge in [0.05, 0.1) is 5.69 Å². The summed E-state index contributed by atoms with van der Waals surface area (Å²) in [5, 5.41) is 0.738. The van der Waals surface area contributed by atoms with Crippen molar-refractivity contribution in [3.8, 4) is 5.69 Å². The summed E-state index contributed by atoms with van der Waals surface area (Å²) in [6, 6.07) is 6.62. The van der Waals surface area contributed by atoms with Crippen LogP contribution in [0.5, 0.6) is 0 Å². The molecule has 0 bridgehead atoms. The van der Waals surface area contributed by atoms with Gasteiger partial charge in [-0.3, -0.25) is 14.8 Å². The highest BCUT2D eigenvalue weighted by Gasteiger charge is 2.15. The molecule has 2 aromatic heterocycles. The molecule has 0 aliphatic carbocycles. The first-order valence-corrected chi connectivity index (χ1v) is 6.01. The topological polar surface area (TPSA) is 67.8 Å². The minimum atomic E-state index is -1.20. The summed E-state index contributed by atoms with van der Waals surface area (Å²) in [6.45, 7) is 0. The fraction of sp³-hybridized carbons (Fsp3) is 0. The zero-order chi connectivity index (χ0) is 14.3. The summed E-state index contributed by atoms with van der Waals surface area (Å²) in [7, 11) is 0. The van der Waals surface area contributed by atoms with Crippen molar-refractivity contribution in [2.24, 2.45) is 0 Å². The van der Waals surface area contributed by atoms with Gasteiger partial charge in [0, 0.05) is 23.2 Å². The molecule has 5 nitrogen and oxygen atoms in total. The molecule has 0 saturated heterocycles. The van der Waals surface area contributed by atoms with Crippen LogP contribution >= 0.6 is 11.6 Å². The Morgan fingerprint density at radius 3 is 2.85 bits per heavy atom. The monoisotopic (exact) mass is 291 g/mol. The van der Waals surface area contributed by atoms with E-state index in [-0.39, 0.29) is 5.69 Å². The number of H-pyrrole nitrogens is 1. The van der Waals surface area contributed by atoms with Gasteiger partial charge in [-0.2, -0.15) is 4.39 Å². The average molecular weight is 292 g/mol. The summed E-state index contributed by atoms with van der Waals surface area (Å²) in [5.41, 5.74) is -1.62. The third kappa shape index (κ3) is 1.81. The van der Waals surface area contributed by atoms with Crippen molar-refractivity contribution in [2.75, 3.05) is 0 Å². The van der Waals surface area contributed by atoms with Gasteiger partial charge in [0.1, 0.15) is 0 Å². The Hall–Kier alpha value is -2.47. The van der Waals surface area contributed by atoms with Crippen molar-refractivity contribution in [3.05, 3.63) is 68.5 Å². The molecule has 2 heterocycles. The molecule has 0 amide bonds. The maximum Gasteiger partial charge on any atom is 0.334 e. The van der Waals surface area contributed by atoms with E-state index in [0.29, 0.717) is 9.95 Å². The van der Waals surface area contributed by atoms with E-state index in [2.05, 4.69) is 9.97 Å². The number of nitrogens with one attached hydrogen (secondary N) is 1. The third-order valence-corrected chi connectivity index (χ3v) is 3.16. The van der Waals surface area contributed by atoms with E-state index in [1.54, 1.807) is 30.5 Å². The molecular formula is C13H7ClFN3O2.